The molecule has 1 saturated carbocycles. The van der Waals surface area contributed by atoms with E-state index in [1.165, 1.54) is 0 Å². The second kappa shape index (κ2) is 4.78. The number of hydrogen-bond donors (Lipinski definition) is 2. The molecule has 0 radical (unpaired) electrons. The number of rotatable bonds is 4. The zero-order valence-corrected chi connectivity index (χ0v) is 9.18. The van der Waals surface area contributed by atoms with Gasteiger partial charge in [-0.05, 0) is 26.2 Å². The number of aliphatic hydroxyl groups is 1. The van der Waals surface area contributed by atoms with Crippen molar-refractivity contribution in [3.05, 3.63) is 0 Å². The number of amides is 1. The molecule has 0 heterocycles. The molecule has 3 heteroatoms. The average Bonchev–Trinajstić information content (AvgIpc) is 2.63. The van der Waals surface area contributed by atoms with E-state index >= 15 is 0 Å². The van der Waals surface area contributed by atoms with E-state index in [0.717, 1.165) is 32.1 Å². The molecule has 1 atom stereocenters. The van der Waals surface area contributed by atoms with E-state index in [-0.39, 0.29) is 11.3 Å². The van der Waals surface area contributed by atoms with E-state index in [0.29, 0.717) is 6.54 Å². The molecule has 1 aliphatic rings. The molecular formula is C11H21NO2. The van der Waals surface area contributed by atoms with Gasteiger partial charge in [0.25, 0.3) is 0 Å². The fraction of sp³-hybridized carbons (Fsp3) is 0.909. The van der Waals surface area contributed by atoms with Crippen molar-refractivity contribution in [2.24, 2.45) is 5.41 Å². The highest BCUT2D eigenvalue weighted by Gasteiger charge is 2.38. The predicted molar refractivity (Wildman–Crippen MR) is 55.9 cm³/mol. The Morgan fingerprint density at radius 2 is 2.07 bits per heavy atom. The van der Waals surface area contributed by atoms with Gasteiger partial charge in [-0.1, -0.05) is 19.8 Å². The van der Waals surface area contributed by atoms with Crippen molar-refractivity contribution in [3.63, 3.8) is 0 Å². The van der Waals surface area contributed by atoms with Crippen LogP contribution in [-0.2, 0) is 4.79 Å². The second-order valence-corrected chi connectivity index (χ2v) is 4.40. The normalized spacial score (nSPS) is 21.9. The van der Waals surface area contributed by atoms with E-state index in [1.54, 1.807) is 6.92 Å². The Morgan fingerprint density at radius 1 is 1.50 bits per heavy atom. The summed E-state index contributed by atoms with van der Waals surface area (Å²) in [5, 5.41) is 11.9. The molecule has 0 saturated heterocycles. The molecule has 1 amide bonds. The maximum Gasteiger partial charge on any atom is 0.226 e. The van der Waals surface area contributed by atoms with Gasteiger partial charge in [0.15, 0.2) is 0 Å². The zero-order valence-electron chi connectivity index (χ0n) is 9.18. The lowest BCUT2D eigenvalue weighted by Gasteiger charge is -2.26. The Bertz CT molecular complexity index is 195. The van der Waals surface area contributed by atoms with Crippen LogP contribution in [0, 0.1) is 5.41 Å². The summed E-state index contributed by atoms with van der Waals surface area (Å²) in [6.45, 7) is 4.14. The quantitative estimate of drug-likeness (QED) is 0.720. The van der Waals surface area contributed by atoms with Gasteiger partial charge in [-0.2, -0.15) is 0 Å². The average molecular weight is 199 g/mol. The van der Waals surface area contributed by atoms with E-state index in [9.17, 15) is 4.79 Å². The molecule has 0 bridgehead atoms. The monoisotopic (exact) mass is 199 g/mol. The van der Waals surface area contributed by atoms with Crippen LogP contribution in [0.3, 0.4) is 0 Å². The molecule has 0 aliphatic heterocycles. The Morgan fingerprint density at radius 3 is 2.50 bits per heavy atom. The van der Waals surface area contributed by atoms with Gasteiger partial charge in [0.1, 0.15) is 0 Å². The molecule has 1 fully saturated rings. The first-order chi connectivity index (χ1) is 6.60. The van der Waals surface area contributed by atoms with Crippen molar-refractivity contribution in [3.8, 4) is 0 Å². The Balaban J connectivity index is 2.48. The smallest absolute Gasteiger partial charge is 0.226 e. The molecule has 2 N–H and O–H groups in total. The highest BCUT2D eigenvalue weighted by molar-refractivity contribution is 5.82. The van der Waals surface area contributed by atoms with Crippen LogP contribution >= 0.6 is 0 Å². The fourth-order valence-electron chi connectivity index (χ4n) is 2.22. The van der Waals surface area contributed by atoms with E-state index in [1.807, 2.05) is 0 Å². The van der Waals surface area contributed by atoms with Crippen LogP contribution < -0.4 is 5.32 Å². The molecule has 3 nitrogen and oxygen atoms in total. The maximum atomic E-state index is 11.9. The summed E-state index contributed by atoms with van der Waals surface area (Å²) in [6, 6.07) is 0. The van der Waals surface area contributed by atoms with Gasteiger partial charge in [-0.25, -0.2) is 0 Å². The summed E-state index contributed by atoms with van der Waals surface area (Å²) in [5.74, 6) is 0.137. The van der Waals surface area contributed by atoms with Crippen LogP contribution in [0.4, 0.5) is 0 Å². The Kier molecular flexibility index (Phi) is 3.93. The third-order valence-electron chi connectivity index (χ3n) is 3.28. The maximum absolute atomic E-state index is 11.9. The van der Waals surface area contributed by atoms with Gasteiger partial charge in [-0.15, -0.1) is 0 Å². The van der Waals surface area contributed by atoms with Crippen LogP contribution in [0.2, 0.25) is 0 Å². The van der Waals surface area contributed by atoms with Gasteiger partial charge < -0.3 is 10.4 Å². The summed E-state index contributed by atoms with van der Waals surface area (Å²) in [4.78, 5) is 11.9. The van der Waals surface area contributed by atoms with Crippen molar-refractivity contribution >= 4 is 5.91 Å². The zero-order chi connectivity index (χ0) is 10.6. The van der Waals surface area contributed by atoms with Gasteiger partial charge in [0.05, 0.1) is 6.10 Å². The lowest BCUT2D eigenvalue weighted by Crippen LogP contribution is -2.41. The van der Waals surface area contributed by atoms with Gasteiger partial charge in [0, 0.05) is 12.0 Å². The number of aliphatic hydroxyl groups excluding tert-OH is 1. The molecule has 0 aromatic rings. The fourth-order valence-corrected chi connectivity index (χ4v) is 2.22. The highest BCUT2D eigenvalue weighted by Crippen LogP contribution is 2.40. The molecule has 82 valence electrons. The number of carbonyl (C=O) groups is 1. The standard InChI is InChI=1S/C11H21NO2/c1-3-11(6-4-5-7-11)10(14)12-8-9(2)13/h9,13H,3-8H2,1-2H3,(H,12,14). The van der Waals surface area contributed by atoms with Crippen molar-refractivity contribution in [1.82, 2.24) is 5.32 Å². The van der Waals surface area contributed by atoms with Crippen LogP contribution in [-0.4, -0.2) is 23.7 Å². The number of nitrogens with one attached hydrogen (secondary N) is 1. The molecule has 0 aromatic carbocycles. The minimum atomic E-state index is -0.450. The molecule has 1 aliphatic carbocycles. The van der Waals surface area contributed by atoms with Crippen molar-refractivity contribution in [1.29, 1.82) is 0 Å². The van der Waals surface area contributed by atoms with E-state index in [2.05, 4.69) is 12.2 Å². The van der Waals surface area contributed by atoms with Crippen LogP contribution in [0.1, 0.15) is 46.0 Å². The highest BCUT2D eigenvalue weighted by atomic mass is 16.3. The van der Waals surface area contributed by atoms with E-state index in [4.69, 9.17) is 5.11 Å². The van der Waals surface area contributed by atoms with E-state index < -0.39 is 6.10 Å². The third kappa shape index (κ3) is 2.47. The summed E-state index contributed by atoms with van der Waals surface area (Å²) in [7, 11) is 0. The largest absolute Gasteiger partial charge is 0.392 e. The van der Waals surface area contributed by atoms with Gasteiger partial charge >= 0.3 is 0 Å². The van der Waals surface area contributed by atoms with Crippen molar-refractivity contribution < 1.29 is 9.90 Å². The molecule has 1 rings (SSSR count). The first-order valence-electron chi connectivity index (χ1n) is 5.57. The number of carbonyl (C=O) groups excluding carboxylic acids is 1. The Labute approximate surface area is 85.9 Å². The Hall–Kier alpha value is -0.570. The van der Waals surface area contributed by atoms with Crippen molar-refractivity contribution in [2.45, 2.75) is 52.1 Å². The van der Waals surface area contributed by atoms with Crippen LogP contribution in [0.25, 0.3) is 0 Å². The van der Waals surface area contributed by atoms with Crippen molar-refractivity contribution in [2.75, 3.05) is 6.54 Å². The minimum Gasteiger partial charge on any atom is -0.392 e. The summed E-state index contributed by atoms with van der Waals surface area (Å²) >= 11 is 0. The summed E-state index contributed by atoms with van der Waals surface area (Å²) in [5.41, 5.74) is -0.130. The minimum absolute atomic E-state index is 0.130. The summed E-state index contributed by atoms with van der Waals surface area (Å²) in [6.07, 6.45) is 4.81. The second-order valence-electron chi connectivity index (χ2n) is 4.40. The molecule has 1 unspecified atom stereocenters. The molecule has 0 aromatic heterocycles. The first-order valence-corrected chi connectivity index (χ1v) is 5.57. The summed E-state index contributed by atoms with van der Waals surface area (Å²) < 4.78 is 0. The van der Waals surface area contributed by atoms with Gasteiger partial charge in [0.2, 0.25) is 5.91 Å². The van der Waals surface area contributed by atoms with Crippen LogP contribution in [0.15, 0.2) is 0 Å². The topological polar surface area (TPSA) is 49.3 Å². The lowest BCUT2D eigenvalue weighted by atomic mass is 9.82. The SMILES string of the molecule is CCC1(C(=O)NCC(C)O)CCCC1. The first kappa shape index (κ1) is 11.5. The van der Waals surface area contributed by atoms with Crippen LogP contribution in [0.5, 0.6) is 0 Å². The predicted octanol–water partition coefficient (Wildman–Crippen LogP) is 1.45. The molecule has 14 heavy (non-hydrogen) atoms. The lowest BCUT2D eigenvalue weighted by molar-refractivity contribution is -0.131. The number of hydrogen-bond acceptors (Lipinski definition) is 2. The molecule has 0 spiro atoms. The third-order valence-corrected chi connectivity index (χ3v) is 3.28. The van der Waals surface area contributed by atoms with Gasteiger partial charge in [-0.3, -0.25) is 4.79 Å². The molecular weight excluding hydrogens is 178 g/mol.